The second kappa shape index (κ2) is 11.1. The van der Waals surface area contributed by atoms with Gasteiger partial charge in [-0.1, -0.05) is 24.3 Å². The number of thiazole rings is 1. The van der Waals surface area contributed by atoms with Crippen LogP contribution in [-0.2, 0) is 22.5 Å². The summed E-state index contributed by atoms with van der Waals surface area (Å²) in [5.41, 5.74) is 3.88. The Morgan fingerprint density at radius 3 is 2.73 bits per heavy atom. The van der Waals surface area contributed by atoms with Gasteiger partial charge in [-0.15, -0.1) is 35.4 Å². The molecule has 26 heavy (non-hydrogen) atoms. The highest BCUT2D eigenvalue weighted by Gasteiger charge is 2.10. The largest absolute Gasteiger partial charge is 0.466 e. The first-order valence-electron chi connectivity index (χ1n) is 7.73. The molecule has 1 heterocycles. The van der Waals surface area contributed by atoms with Gasteiger partial charge in [-0.05, 0) is 19.1 Å². The van der Waals surface area contributed by atoms with Gasteiger partial charge in [0.25, 0.3) is 0 Å². The lowest BCUT2D eigenvalue weighted by molar-refractivity contribution is -0.142. The first-order chi connectivity index (χ1) is 12.1. The van der Waals surface area contributed by atoms with Gasteiger partial charge in [0, 0.05) is 23.3 Å². The van der Waals surface area contributed by atoms with E-state index in [4.69, 9.17) is 4.74 Å². The van der Waals surface area contributed by atoms with Gasteiger partial charge in [-0.3, -0.25) is 4.79 Å². The number of amides is 2. The molecule has 1 aromatic carbocycles. The van der Waals surface area contributed by atoms with Crippen LogP contribution in [0.25, 0.3) is 0 Å². The number of nitrogens with one attached hydrogen (secondary N) is 2. The molecule has 0 radical (unpaired) electrons. The second-order valence-corrected chi connectivity index (χ2v) is 5.77. The van der Waals surface area contributed by atoms with E-state index in [-0.39, 0.29) is 24.8 Å². The van der Waals surface area contributed by atoms with Gasteiger partial charge in [0.15, 0.2) is 0 Å². The molecule has 2 amide bonds. The number of carbonyl (C=O) groups excluding carboxylic acids is 2. The second-order valence-electron chi connectivity index (χ2n) is 4.93. The van der Waals surface area contributed by atoms with Crippen LogP contribution in [-0.4, -0.2) is 23.2 Å². The number of aromatic nitrogens is 1. The molecule has 2 rings (SSSR count). The average molecular weight is 397 g/mol. The molecule has 0 aliphatic carbocycles. The minimum atomic E-state index is -0.448. The molecular formula is C17H21ClN4O3S. The van der Waals surface area contributed by atoms with E-state index in [1.165, 1.54) is 11.3 Å². The van der Waals surface area contributed by atoms with Crippen molar-refractivity contribution in [2.45, 2.75) is 19.9 Å². The van der Waals surface area contributed by atoms with Gasteiger partial charge >= 0.3 is 12.0 Å². The van der Waals surface area contributed by atoms with E-state index >= 15 is 0 Å². The molecule has 0 aliphatic rings. The van der Waals surface area contributed by atoms with Crippen LogP contribution in [0.15, 0.2) is 53.5 Å². The molecule has 0 unspecified atom stereocenters. The molecule has 0 aliphatic heterocycles. The topological polar surface area (TPSA) is 84.7 Å². The fourth-order valence-electron chi connectivity index (χ4n) is 2.06. The Labute approximate surface area is 161 Å². The van der Waals surface area contributed by atoms with Gasteiger partial charge in [0.2, 0.25) is 4.80 Å². The minimum Gasteiger partial charge on any atom is -0.466 e. The maximum atomic E-state index is 11.9. The SMILES string of the molecule is C=CCn1c(CC(=O)OCC)cs/c1=N\NC(=O)Nc1ccccc1.Cl. The van der Waals surface area contributed by atoms with Crippen molar-refractivity contribution in [3.05, 3.63) is 58.9 Å². The van der Waals surface area contributed by atoms with Crippen LogP contribution in [0, 0.1) is 0 Å². The van der Waals surface area contributed by atoms with Gasteiger partial charge < -0.3 is 14.6 Å². The first kappa shape index (κ1) is 21.5. The molecule has 7 nitrogen and oxygen atoms in total. The van der Waals surface area contributed by atoms with Crippen LogP contribution in [0.3, 0.4) is 0 Å². The van der Waals surface area contributed by atoms with Crippen molar-refractivity contribution in [3.63, 3.8) is 0 Å². The smallest absolute Gasteiger partial charge is 0.339 e. The summed E-state index contributed by atoms with van der Waals surface area (Å²) in [6, 6.07) is 8.62. The number of para-hydroxylation sites is 1. The summed E-state index contributed by atoms with van der Waals surface area (Å²) in [6.07, 6.45) is 1.84. The zero-order chi connectivity index (χ0) is 18.1. The van der Waals surface area contributed by atoms with Crippen molar-refractivity contribution in [3.8, 4) is 0 Å². The Kier molecular flexibility index (Phi) is 9.18. The van der Waals surface area contributed by atoms with Crippen molar-refractivity contribution in [1.82, 2.24) is 9.99 Å². The molecule has 0 bridgehead atoms. The van der Waals surface area contributed by atoms with Gasteiger partial charge in [0.05, 0.1) is 13.0 Å². The number of rotatable bonds is 7. The molecule has 0 atom stereocenters. The lowest BCUT2D eigenvalue weighted by atomic mass is 10.3. The molecular weight excluding hydrogens is 376 g/mol. The number of carbonyl (C=O) groups is 2. The molecule has 9 heteroatoms. The highest BCUT2D eigenvalue weighted by molar-refractivity contribution is 7.07. The number of urea groups is 1. The van der Waals surface area contributed by atoms with Gasteiger partial charge in [-0.2, -0.15) is 0 Å². The summed E-state index contributed by atoms with van der Waals surface area (Å²) in [4.78, 5) is 24.1. The van der Waals surface area contributed by atoms with Crippen molar-refractivity contribution in [2.75, 3.05) is 11.9 Å². The molecule has 0 saturated carbocycles. The van der Waals surface area contributed by atoms with Crippen LogP contribution < -0.4 is 15.5 Å². The third-order valence-electron chi connectivity index (χ3n) is 3.11. The zero-order valence-electron chi connectivity index (χ0n) is 14.3. The number of hydrogen-bond donors (Lipinski definition) is 2. The maximum absolute atomic E-state index is 11.9. The van der Waals surface area contributed by atoms with Crippen molar-refractivity contribution in [1.29, 1.82) is 0 Å². The summed E-state index contributed by atoms with van der Waals surface area (Å²) in [5.74, 6) is -0.306. The molecule has 0 spiro atoms. The summed E-state index contributed by atoms with van der Waals surface area (Å²) in [5, 5.41) is 8.61. The van der Waals surface area contributed by atoms with E-state index in [0.29, 0.717) is 23.6 Å². The molecule has 1 aromatic heterocycles. The average Bonchev–Trinajstić information content (AvgIpc) is 2.96. The van der Waals surface area contributed by atoms with Crippen LogP contribution in [0.5, 0.6) is 0 Å². The molecule has 0 fully saturated rings. The van der Waals surface area contributed by atoms with Gasteiger partial charge in [0.1, 0.15) is 0 Å². The molecule has 2 N–H and O–H groups in total. The monoisotopic (exact) mass is 396 g/mol. The van der Waals surface area contributed by atoms with Gasteiger partial charge in [-0.25, -0.2) is 10.2 Å². The van der Waals surface area contributed by atoms with E-state index in [0.717, 1.165) is 5.69 Å². The van der Waals surface area contributed by atoms with Crippen LogP contribution in [0.1, 0.15) is 12.6 Å². The number of esters is 1. The number of ether oxygens (including phenoxy) is 1. The Hall–Kier alpha value is -2.58. The van der Waals surface area contributed by atoms with E-state index in [1.54, 1.807) is 29.7 Å². The lowest BCUT2D eigenvalue weighted by Crippen LogP contribution is -2.28. The third kappa shape index (κ3) is 6.38. The number of hydrogen-bond acceptors (Lipinski definition) is 5. The predicted molar refractivity (Wildman–Crippen MR) is 104 cm³/mol. The summed E-state index contributed by atoms with van der Waals surface area (Å²) in [6.45, 7) is 6.28. The lowest BCUT2D eigenvalue weighted by Gasteiger charge is -2.06. The van der Waals surface area contributed by atoms with Crippen LogP contribution in [0.2, 0.25) is 0 Å². The minimum absolute atomic E-state index is 0. The van der Waals surface area contributed by atoms with E-state index in [2.05, 4.69) is 22.4 Å². The van der Waals surface area contributed by atoms with Crippen molar-refractivity contribution in [2.24, 2.45) is 5.10 Å². The first-order valence-corrected chi connectivity index (χ1v) is 8.61. The highest BCUT2D eigenvalue weighted by atomic mass is 35.5. The number of halogens is 1. The van der Waals surface area contributed by atoms with E-state index in [9.17, 15) is 9.59 Å². The standard InChI is InChI=1S/C17H20N4O3S.ClH/c1-3-10-21-14(11-15(22)24-4-2)12-25-17(21)20-19-16(23)18-13-8-6-5-7-9-13;/h3,5-9,12H,1,4,10-11H2,2H3,(H2,18,19,23);1H/b20-17-;. The van der Waals surface area contributed by atoms with E-state index in [1.807, 2.05) is 23.6 Å². The fourth-order valence-corrected chi connectivity index (χ4v) is 2.93. The molecule has 0 saturated heterocycles. The Balaban J connectivity index is 0.00000338. The number of benzene rings is 1. The third-order valence-corrected chi connectivity index (χ3v) is 4.02. The maximum Gasteiger partial charge on any atom is 0.339 e. The number of nitrogens with zero attached hydrogens (tertiary/aromatic N) is 2. The Morgan fingerprint density at radius 1 is 1.35 bits per heavy atom. The predicted octanol–water partition coefficient (Wildman–Crippen LogP) is 2.90. The Bertz CT molecular complexity index is 802. The number of anilines is 1. The van der Waals surface area contributed by atoms with Crippen LogP contribution >= 0.6 is 23.7 Å². The highest BCUT2D eigenvalue weighted by Crippen LogP contribution is 2.06. The van der Waals surface area contributed by atoms with Crippen molar-refractivity contribution >= 4 is 41.4 Å². The normalized spacial score (nSPS) is 10.6. The summed E-state index contributed by atoms with van der Waals surface area (Å²) in [7, 11) is 0. The van der Waals surface area contributed by atoms with E-state index < -0.39 is 6.03 Å². The molecule has 2 aromatic rings. The molecule has 140 valence electrons. The Morgan fingerprint density at radius 2 is 2.08 bits per heavy atom. The summed E-state index contributed by atoms with van der Waals surface area (Å²) >= 11 is 1.32. The quantitative estimate of drug-likeness (QED) is 0.428. The fraction of sp³-hybridized carbons (Fsp3) is 0.235. The number of allylic oxidation sites excluding steroid dienone is 1. The van der Waals surface area contributed by atoms with Crippen molar-refractivity contribution < 1.29 is 14.3 Å². The van der Waals surface area contributed by atoms with Crippen LogP contribution in [0.4, 0.5) is 10.5 Å². The zero-order valence-corrected chi connectivity index (χ0v) is 15.9. The summed E-state index contributed by atoms with van der Waals surface area (Å²) < 4.78 is 6.77.